The molecule has 0 unspecified atom stereocenters. The average molecular weight is 332 g/mol. The van der Waals surface area contributed by atoms with Gasteiger partial charge in [-0.2, -0.15) is 4.98 Å². The maximum Gasteiger partial charge on any atom is 0.287 e. The van der Waals surface area contributed by atoms with Gasteiger partial charge in [0.15, 0.2) is 17.3 Å². The molecule has 9 nitrogen and oxygen atoms in total. The van der Waals surface area contributed by atoms with Gasteiger partial charge >= 0.3 is 0 Å². The summed E-state index contributed by atoms with van der Waals surface area (Å²) in [4.78, 5) is 32.7. The van der Waals surface area contributed by atoms with Crippen molar-refractivity contribution in [2.45, 2.75) is 19.4 Å². The predicted molar refractivity (Wildman–Crippen MR) is 80.7 cm³/mol. The normalized spacial score (nSPS) is 12.8. The molecule has 0 saturated heterocycles. The van der Waals surface area contributed by atoms with E-state index in [0.29, 0.717) is 0 Å². The second-order valence-electron chi connectivity index (χ2n) is 5.57. The highest BCUT2D eigenvalue weighted by Crippen LogP contribution is 2.34. The summed E-state index contributed by atoms with van der Waals surface area (Å²) in [7, 11) is 1.48. The van der Waals surface area contributed by atoms with Gasteiger partial charge in [-0.3, -0.25) is 9.59 Å². The summed E-state index contributed by atoms with van der Waals surface area (Å²) < 4.78 is 15.6. The van der Waals surface area contributed by atoms with Crippen LogP contribution in [-0.2, 0) is 5.54 Å². The van der Waals surface area contributed by atoms with Gasteiger partial charge in [0, 0.05) is 7.05 Å². The van der Waals surface area contributed by atoms with Crippen LogP contribution in [-0.4, -0.2) is 35.6 Å². The summed E-state index contributed by atoms with van der Waals surface area (Å²) in [6.07, 6.45) is 1.41. The Hall–Kier alpha value is -3.10. The highest BCUT2D eigenvalue weighted by molar-refractivity contribution is 5.95. The summed E-state index contributed by atoms with van der Waals surface area (Å²) >= 11 is 0. The fourth-order valence-electron chi connectivity index (χ4n) is 2.16. The lowest BCUT2D eigenvalue weighted by molar-refractivity contribution is 0.0879. The minimum atomic E-state index is -0.979. The van der Waals surface area contributed by atoms with E-state index >= 15 is 0 Å². The number of nitrogens with zero attached hydrogens (tertiary/aromatic N) is 2. The molecule has 0 bridgehead atoms. The molecular formula is C15H16N4O5. The number of carbonyl (C=O) groups is 2. The van der Waals surface area contributed by atoms with Crippen LogP contribution in [0.15, 0.2) is 22.8 Å². The number of ether oxygens (including phenoxy) is 2. The molecule has 0 saturated carbocycles. The number of hydrogen-bond acceptors (Lipinski definition) is 7. The van der Waals surface area contributed by atoms with Crippen LogP contribution in [0.4, 0.5) is 0 Å². The highest BCUT2D eigenvalue weighted by atomic mass is 16.7. The van der Waals surface area contributed by atoms with Gasteiger partial charge in [0.1, 0.15) is 0 Å². The van der Waals surface area contributed by atoms with Crippen molar-refractivity contribution in [3.8, 4) is 11.6 Å². The zero-order valence-corrected chi connectivity index (χ0v) is 13.4. The zero-order valence-electron chi connectivity index (χ0n) is 13.4. The van der Waals surface area contributed by atoms with E-state index in [4.69, 9.17) is 13.9 Å². The molecule has 2 aromatic rings. The Morgan fingerprint density at radius 3 is 2.67 bits per heavy atom. The van der Waals surface area contributed by atoms with E-state index in [-0.39, 0.29) is 35.7 Å². The second kappa shape index (κ2) is 5.84. The molecule has 0 radical (unpaired) electrons. The lowest BCUT2D eigenvalue weighted by Gasteiger charge is -2.24. The van der Waals surface area contributed by atoms with Crippen LogP contribution < -0.4 is 20.1 Å². The van der Waals surface area contributed by atoms with Crippen LogP contribution in [0, 0.1) is 0 Å². The van der Waals surface area contributed by atoms with Gasteiger partial charge in [-0.15, -0.1) is 0 Å². The van der Waals surface area contributed by atoms with E-state index in [2.05, 4.69) is 20.6 Å². The van der Waals surface area contributed by atoms with Gasteiger partial charge in [-0.1, -0.05) is 0 Å². The minimum Gasteiger partial charge on any atom is -0.459 e. The highest BCUT2D eigenvalue weighted by Gasteiger charge is 2.33. The van der Waals surface area contributed by atoms with Crippen molar-refractivity contribution in [1.82, 2.24) is 20.6 Å². The third kappa shape index (κ3) is 2.75. The molecule has 126 valence electrons. The molecule has 0 fully saturated rings. The number of nitrogens with one attached hydrogen (secondary N) is 2. The van der Waals surface area contributed by atoms with E-state index in [1.165, 1.54) is 13.3 Å². The molecule has 9 heteroatoms. The molecule has 3 rings (SSSR count). The molecule has 2 aromatic heterocycles. The van der Waals surface area contributed by atoms with Crippen LogP contribution in [0.1, 0.15) is 40.7 Å². The molecule has 24 heavy (non-hydrogen) atoms. The van der Waals surface area contributed by atoms with E-state index in [1.54, 1.807) is 26.0 Å². The van der Waals surface area contributed by atoms with E-state index in [9.17, 15) is 9.59 Å². The smallest absolute Gasteiger partial charge is 0.287 e. The summed E-state index contributed by atoms with van der Waals surface area (Å²) in [6, 6.07) is 3.16. The van der Waals surface area contributed by atoms with Gasteiger partial charge in [0.05, 0.1) is 11.8 Å². The quantitative estimate of drug-likeness (QED) is 0.851. The van der Waals surface area contributed by atoms with Crippen molar-refractivity contribution in [2.75, 3.05) is 13.8 Å². The first-order valence-electron chi connectivity index (χ1n) is 7.18. The number of carbonyl (C=O) groups excluding carboxylic acids is 2. The Balaban J connectivity index is 1.95. The molecule has 2 N–H and O–H groups in total. The molecule has 2 amide bonds. The lowest BCUT2D eigenvalue weighted by atomic mass is 10.0. The summed E-state index contributed by atoms with van der Waals surface area (Å²) in [6.45, 7) is 3.37. The Labute approximate surface area is 137 Å². The van der Waals surface area contributed by atoms with Crippen molar-refractivity contribution in [3.05, 3.63) is 35.7 Å². The van der Waals surface area contributed by atoms with Crippen molar-refractivity contribution >= 4 is 11.8 Å². The van der Waals surface area contributed by atoms with Crippen LogP contribution in [0.25, 0.3) is 0 Å². The minimum absolute atomic E-state index is 0.0450. The molecular weight excluding hydrogens is 316 g/mol. The summed E-state index contributed by atoms with van der Waals surface area (Å²) in [5.74, 6) is -0.132. The topological polar surface area (TPSA) is 116 Å². The van der Waals surface area contributed by atoms with Crippen LogP contribution >= 0.6 is 0 Å². The number of furan rings is 1. The first-order chi connectivity index (χ1) is 11.4. The number of rotatable bonds is 4. The first-order valence-corrected chi connectivity index (χ1v) is 7.18. The molecule has 1 aliphatic heterocycles. The maximum absolute atomic E-state index is 12.2. The zero-order chi connectivity index (χ0) is 17.3. The number of fused-ring (bicyclic) bond motifs is 1. The van der Waals surface area contributed by atoms with E-state index in [1.807, 2.05) is 0 Å². The van der Waals surface area contributed by atoms with Gasteiger partial charge < -0.3 is 24.5 Å². The third-order valence-corrected chi connectivity index (χ3v) is 3.41. The molecule has 0 aromatic carbocycles. The largest absolute Gasteiger partial charge is 0.459 e. The Morgan fingerprint density at radius 1 is 1.21 bits per heavy atom. The molecule has 3 heterocycles. The maximum atomic E-state index is 12.2. The van der Waals surface area contributed by atoms with Gasteiger partial charge in [0.2, 0.25) is 12.5 Å². The molecule has 0 spiro atoms. The second-order valence-corrected chi connectivity index (χ2v) is 5.57. The van der Waals surface area contributed by atoms with Crippen molar-refractivity contribution in [2.24, 2.45) is 0 Å². The Kier molecular flexibility index (Phi) is 3.84. The molecule has 0 atom stereocenters. The molecule has 1 aliphatic rings. The van der Waals surface area contributed by atoms with Crippen molar-refractivity contribution < 1.29 is 23.5 Å². The summed E-state index contributed by atoms with van der Waals surface area (Å²) in [5, 5.41) is 5.25. The van der Waals surface area contributed by atoms with Crippen LogP contribution in [0.2, 0.25) is 0 Å². The lowest BCUT2D eigenvalue weighted by Crippen LogP contribution is -2.42. The van der Waals surface area contributed by atoms with E-state index < -0.39 is 17.4 Å². The van der Waals surface area contributed by atoms with Gasteiger partial charge in [-0.25, -0.2) is 4.98 Å². The van der Waals surface area contributed by atoms with Crippen molar-refractivity contribution in [3.63, 3.8) is 0 Å². The van der Waals surface area contributed by atoms with E-state index in [0.717, 1.165) is 0 Å². The first kappa shape index (κ1) is 15.8. The van der Waals surface area contributed by atoms with Crippen molar-refractivity contribution in [1.29, 1.82) is 0 Å². The van der Waals surface area contributed by atoms with Crippen LogP contribution in [0.3, 0.4) is 0 Å². The summed E-state index contributed by atoms with van der Waals surface area (Å²) in [5.41, 5.74) is -0.927. The molecule has 0 aliphatic carbocycles. The van der Waals surface area contributed by atoms with Crippen LogP contribution in [0.5, 0.6) is 11.6 Å². The fourth-order valence-corrected chi connectivity index (χ4v) is 2.16. The third-order valence-electron chi connectivity index (χ3n) is 3.41. The Bertz CT molecular complexity index is 785. The van der Waals surface area contributed by atoms with Gasteiger partial charge in [0.25, 0.3) is 17.7 Å². The Morgan fingerprint density at radius 2 is 2.00 bits per heavy atom. The number of amides is 2. The fraction of sp³-hybridized carbons (Fsp3) is 0.333. The number of hydrogen-bond donors (Lipinski definition) is 2. The average Bonchev–Trinajstić information content (AvgIpc) is 3.23. The monoisotopic (exact) mass is 332 g/mol. The van der Waals surface area contributed by atoms with Gasteiger partial charge in [-0.05, 0) is 26.0 Å². The predicted octanol–water partition coefficient (Wildman–Crippen LogP) is 0.823. The SMILES string of the molecule is CNC(=O)c1nc(C(C)(C)NC(=O)c2ccco2)nc2c1OCO2. The standard InChI is InChI=1S/C15H16N4O5/c1-15(2,19-11(20)8-5-4-6-22-8)14-17-9(12(21)16-3)10-13(18-14)24-7-23-10/h4-6H,7H2,1-3H3,(H,16,21)(H,19,20). The number of aromatic nitrogens is 2.